The van der Waals surface area contributed by atoms with E-state index in [2.05, 4.69) is 4.98 Å². The maximum absolute atomic E-state index is 12.3. The molecule has 1 heterocycles. The molecule has 1 N–H and O–H groups in total. The number of aliphatic hydroxyl groups is 1. The van der Waals surface area contributed by atoms with Crippen LogP contribution in [0.5, 0.6) is 0 Å². The molecule has 5 nitrogen and oxygen atoms in total. The number of rotatable bonds is 4. The van der Waals surface area contributed by atoms with Gasteiger partial charge < -0.3 is 14.9 Å². The Morgan fingerprint density at radius 3 is 2.68 bits per heavy atom. The molecule has 1 aliphatic rings. The second-order valence-corrected chi connectivity index (χ2v) is 5.47. The zero-order valence-electron chi connectivity index (χ0n) is 11.7. The summed E-state index contributed by atoms with van der Waals surface area (Å²) in [4.78, 5) is 20.1. The van der Waals surface area contributed by atoms with Gasteiger partial charge in [-0.05, 0) is 30.9 Å². The number of anilines is 1. The van der Waals surface area contributed by atoms with Crippen LogP contribution in [0.3, 0.4) is 0 Å². The molecular formula is C14H21N3O2. The fourth-order valence-corrected chi connectivity index (χ4v) is 2.34. The smallest absolute Gasteiger partial charge is 0.253 e. The van der Waals surface area contributed by atoms with Gasteiger partial charge in [-0.25, -0.2) is 4.98 Å². The minimum atomic E-state index is -0.172. The van der Waals surface area contributed by atoms with E-state index in [9.17, 15) is 9.90 Å². The number of carbonyl (C=O) groups excluding carboxylic acids is 1. The molecule has 2 rings (SSSR count). The molecule has 1 aromatic rings. The average molecular weight is 263 g/mol. The molecule has 0 radical (unpaired) electrons. The third-order valence-electron chi connectivity index (χ3n) is 3.54. The van der Waals surface area contributed by atoms with Gasteiger partial charge in [0.2, 0.25) is 0 Å². The molecule has 0 bridgehead atoms. The fourth-order valence-electron chi connectivity index (χ4n) is 2.34. The Morgan fingerprint density at radius 2 is 2.11 bits per heavy atom. The van der Waals surface area contributed by atoms with Gasteiger partial charge in [-0.15, -0.1) is 0 Å². The van der Waals surface area contributed by atoms with Gasteiger partial charge in [0.25, 0.3) is 5.91 Å². The summed E-state index contributed by atoms with van der Waals surface area (Å²) < 4.78 is 0. The van der Waals surface area contributed by atoms with Crippen LogP contribution in [-0.2, 0) is 0 Å². The Morgan fingerprint density at radius 1 is 1.42 bits per heavy atom. The lowest BCUT2D eigenvalue weighted by Crippen LogP contribution is -2.39. The summed E-state index contributed by atoms with van der Waals surface area (Å²) in [5, 5.41) is 9.27. The Labute approximate surface area is 113 Å². The average Bonchev–Trinajstić information content (AvgIpc) is 2.36. The molecule has 0 unspecified atom stereocenters. The quantitative estimate of drug-likeness (QED) is 0.880. The molecule has 5 heteroatoms. The van der Waals surface area contributed by atoms with Crippen LogP contribution in [-0.4, -0.2) is 54.7 Å². The van der Waals surface area contributed by atoms with Crippen molar-refractivity contribution in [2.45, 2.75) is 18.9 Å². The molecule has 0 atom stereocenters. The highest BCUT2D eigenvalue weighted by Gasteiger charge is 2.29. The van der Waals surface area contributed by atoms with Crippen LogP contribution in [0.1, 0.15) is 23.2 Å². The number of hydrogen-bond donors (Lipinski definition) is 1. The van der Waals surface area contributed by atoms with Crippen LogP contribution in [0.2, 0.25) is 0 Å². The van der Waals surface area contributed by atoms with Crippen LogP contribution in [0.15, 0.2) is 18.3 Å². The third-order valence-corrected chi connectivity index (χ3v) is 3.54. The number of aromatic nitrogens is 1. The van der Waals surface area contributed by atoms with E-state index < -0.39 is 0 Å². The lowest BCUT2D eigenvalue weighted by Gasteiger charge is -2.34. The summed E-state index contributed by atoms with van der Waals surface area (Å²) in [6, 6.07) is 3.54. The number of carbonyl (C=O) groups is 1. The Kier molecular flexibility index (Phi) is 4.04. The maximum atomic E-state index is 12.3. The molecular weight excluding hydrogens is 242 g/mol. The zero-order valence-corrected chi connectivity index (χ0v) is 11.7. The molecule has 1 amide bonds. The molecule has 1 fully saturated rings. The first kappa shape index (κ1) is 13.8. The van der Waals surface area contributed by atoms with Crippen LogP contribution < -0.4 is 4.90 Å². The number of nitrogens with zero attached hydrogens (tertiary/aromatic N) is 3. The summed E-state index contributed by atoms with van der Waals surface area (Å²) in [5.74, 6) is 1.21. The van der Waals surface area contributed by atoms with Gasteiger partial charge in [0.1, 0.15) is 5.82 Å². The normalized spacial score (nSPS) is 21.7. The van der Waals surface area contributed by atoms with E-state index in [0.29, 0.717) is 18.0 Å². The van der Waals surface area contributed by atoms with Gasteiger partial charge in [0.15, 0.2) is 0 Å². The van der Waals surface area contributed by atoms with Crippen LogP contribution in [0, 0.1) is 5.92 Å². The minimum Gasteiger partial charge on any atom is -0.393 e. The number of aliphatic hydroxyl groups excluding tert-OH is 1. The molecule has 0 spiro atoms. The van der Waals surface area contributed by atoms with Gasteiger partial charge >= 0.3 is 0 Å². The van der Waals surface area contributed by atoms with Crippen molar-refractivity contribution in [2.24, 2.45) is 5.92 Å². The van der Waals surface area contributed by atoms with Gasteiger partial charge in [-0.1, -0.05) is 0 Å². The van der Waals surface area contributed by atoms with E-state index >= 15 is 0 Å². The van der Waals surface area contributed by atoms with Crippen molar-refractivity contribution in [3.05, 3.63) is 23.9 Å². The third kappa shape index (κ3) is 3.23. The van der Waals surface area contributed by atoms with Crippen molar-refractivity contribution in [3.8, 4) is 0 Å². The van der Waals surface area contributed by atoms with Crippen molar-refractivity contribution in [3.63, 3.8) is 0 Å². The summed E-state index contributed by atoms with van der Waals surface area (Å²) in [7, 11) is 5.61. The van der Waals surface area contributed by atoms with E-state index in [1.54, 1.807) is 23.2 Å². The first-order chi connectivity index (χ1) is 8.97. The lowest BCUT2D eigenvalue weighted by molar-refractivity contribution is 0.0265. The van der Waals surface area contributed by atoms with Gasteiger partial charge in [0.05, 0.1) is 6.10 Å². The number of amides is 1. The molecule has 0 aromatic carbocycles. The maximum Gasteiger partial charge on any atom is 0.253 e. The molecule has 0 aliphatic heterocycles. The predicted octanol–water partition coefficient (Wildman–Crippen LogP) is 0.990. The topological polar surface area (TPSA) is 56.7 Å². The highest BCUT2D eigenvalue weighted by molar-refractivity contribution is 5.94. The first-order valence-corrected chi connectivity index (χ1v) is 6.54. The van der Waals surface area contributed by atoms with E-state index in [0.717, 1.165) is 18.7 Å². The van der Waals surface area contributed by atoms with Crippen molar-refractivity contribution < 1.29 is 9.90 Å². The van der Waals surface area contributed by atoms with Gasteiger partial charge in [-0.2, -0.15) is 0 Å². The molecule has 1 aliphatic carbocycles. The number of hydrogen-bond acceptors (Lipinski definition) is 4. The largest absolute Gasteiger partial charge is 0.393 e. The first-order valence-electron chi connectivity index (χ1n) is 6.54. The van der Waals surface area contributed by atoms with E-state index in [1.807, 2.05) is 26.0 Å². The van der Waals surface area contributed by atoms with Gasteiger partial charge in [-0.3, -0.25) is 4.79 Å². The van der Waals surface area contributed by atoms with Crippen molar-refractivity contribution in [1.29, 1.82) is 0 Å². The second-order valence-electron chi connectivity index (χ2n) is 5.47. The zero-order chi connectivity index (χ0) is 14.0. The number of pyridine rings is 1. The molecule has 0 saturated heterocycles. The molecule has 1 aromatic heterocycles. The Bertz CT molecular complexity index is 456. The highest BCUT2D eigenvalue weighted by atomic mass is 16.3. The van der Waals surface area contributed by atoms with E-state index in [4.69, 9.17) is 0 Å². The molecule has 104 valence electrons. The predicted molar refractivity (Wildman–Crippen MR) is 74.3 cm³/mol. The summed E-state index contributed by atoms with van der Waals surface area (Å²) >= 11 is 0. The second kappa shape index (κ2) is 5.57. The van der Waals surface area contributed by atoms with Crippen LogP contribution in [0.4, 0.5) is 5.82 Å². The summed E-state index contributed by atoms with van der Waals surface area (Å²) in [5.41, 5.74) is 0.654. The van der Waals surface area contributed by atoms with Crippen molar-refractivity contribution in [2.75, 3.05) is 32.6 Å². The van der Waals surface area contributed by atoms with Crippen LogP contribution >= 0.6 is 0 Å². The molecule has 1 saturated carbocycles. The fraction of sp³-hybridized carbons (Fsp3) is 0.571. The Balaban J connectivity index is 2.00. The van der Waals surface area contributed by atoms with E-state index in [1.165, 1.54) is 0 Å². The van der Waals surface area contributed by atoms with Crippen molar-refractivity contribution >= 4 is 11.7 Å². The highest BCUT2D eigenvalue weighted by Crippen LogP contribution is 2.28. The van der Waals surface area contributed by atoms with Gasteiger partial charge in [0, 0.05) is 39.4 Å². The standard InChI is InChI=1S/C14H21N3O2/c1-16(2)13-8-11(4-5-15-13)14(19)17(3)9-10-6-12(18)7-10/h4-5,8,10,12,18H,6-7,9H2,1-3H3. The molecule has 19 heavy (non-hydrogen) atoms. The minimum absolute atomic E-state index is 0.00638. The van der Waals surface area contributed by atoms with E-state index in [-0.39, 0.29) is 12.0 Å². The van der Waals surface area contributed by atoms with Crippen molar-refractivity contribution in [1.82, 2.24) is 9.88 Å². The summed E-state index contributed by atoms with van der Waals surface area (Å²) in [6.07, 6.45) is 3.09. The van der Waals surface area contributed by atoms with Crippen LogP contribution in [0.25, 0.3) is 0 Å². The SMILES string of the molecule is CN(CC1CC(O)C1)C(=O)c1ccnc(N(C)C)c1. The lowest BCUT2D eigenvalue weighted by atomic mass is 9.82. The summed E-state index contributed by atoms with van der Waals surface area (Å²) in [6.45, 7) is 0.704. The Hall–Kier alpha value is -1.62. The monoisotopic (exact) mass is 263 g/mol.